The van der Waals surface area contributed by atoms with Gasteiger partial charge in [0.25, 0.3) is 0 Å². The van der Waals surface area contributed by atoms with E-state index < -0.39 is 0 Å². The van der Waals surface area contributed by atoms with E-state index in [0.717, 1.165) is 31.7 Å². The lowest BCUT2D eigenvalue weighted by atomic mass is 10.1. The molecule has 100 valence electrons. The summed E-state index contributed by atoms with van der Waals surface area (Å²) in [6, 6.07) is 5.05. The van der Waals surface area contributed by atoms with Gasteiger partial charge in [-0.1, -0.05) is 0 Å². The monoisotopic (exact) mass is 252 g/mol. The lowest BCUT2D eigenvalue weighted by Gasteiger charge is -2.10. The zero-order chi connectivity index (χ0) is 13.4. The van der Waals surface area contributed by atoms with Gasteiger partial charge in [0.2, 0.25) is 0 Å². The topological polar surface area (TPSA) is 73.6 Å². The molecule has 3 N–H and O–H groups in total. The fraction of sp³-hybridized carbons (Fsp3) is 0.462. The molecule has 0 atom stereocenters. The molecule has 5 heteroatoms. The van der Waals surface area contributed by atoms with E-state index in [9.17, 15) is 4.79 Å². The molecule has 0 fully saturated rings. The van der Waals surface area contributed by atoms with Gasteiger partial charge in [-0.3, -0.25) is 0 Å². The summed E-state index contributed by atoms with van der Waals surface area (Å²) in [6.07, 6.45) is 1.97. The molecule has 0 aliphatic carbocycles. The molecule has 0 saturated heterocycles. The molecule has 5 nitrogen and oxygen atoms in total. The van der Waals surface area contributed by atoms with Crippen molar-refractivity contribution in [3.05, 3.63) is 23.8 Å². The van der Waals surface area contributed by atoms with Crippen LogP contribution >= 0.6 is 0 Å². The van der Waals surface area contributed by atoms with E-state index in [4.69, 9.17) is 10.5 Å². The highest BCUT2D eigenvalue weighted by molar-refractivity contribution is 5.91. The molecule has 0 amide bonds. The van der Waals surface area contributed by atoms with E-state index in [0.29, 0.717) is 11.3 Å². The molecule has 0 unspecified atom stereocenters. The van der Waals surface area contributed by atoms with Gasteiger partial charge in [0.15, 0.2) is 0 Å². The van der Waals surface area contributed by atoms with Crippen LogP contribution in [0.1, 0.15) is 23.2 Å². The van der Waals surface area contributed by atoms with E-state index in [1.54, 1.807) is 25.3 Å². The Hall–Kier alpha value is -1.75. The van der Waals surface area contributed by atoms with Crippen LogP contribution in [0.2, 0.25) is 0 Å². The Kier molecular flexibility index (Phi) is 6.00. The number of rotatable bonds is 7. The lowest BCUT2D eigenvalue weighted by molar-refractivity contribution is 0.0601. The summed E-state index contributed by atoms with van der Waals surface area (Å²) in [7, 11) is 3.04. The molecule has 0 spiro atoms. The van der Waals surface area contributed by atoms with Gasteiger partial charge in [0, 0.05) is 20.3 Å². The highest BCUT2D eigenvalue weighted by atomic mass is 16.5. The first-order valence-corrected chi connectivity index (χ1v) is 5.89. The molecule has 0 bridgehead atoms. The van der Waals surface area contributed by atoms with E-state index in [2.05, 4.69) is 10.1 Å². The van der Waals surface area contributed by atoms with Crippen LogP contribution in [0.4, 0.5) is 11.4 Å². The van der Waals surface area contributed by atoms with Crippen molar-refractivity contribution in [2.75, 3.05) is 38.4 Å². The van der Waals surface area contributed by atoms with Gasteiger partial charge in [-0.15, -0.1) is 0 Å². The van der Waals surface area contributed by atoms with Crippen LogP contribution in [-0.4, -0.2) is 33.3 Å². The predicted molar refractivity (Wildman–Crippen MR) is 71.8 cm³/mol. The summed E-state index contributed by atoms with van der Waals surface area (Å²) in [5.41, 5.74) is 7.70. The molecule has 18 heavy (non-hydrogen) atoms. The molecular formula is C13H20N2O3. The van der Waals surface area contributed by atoms with Crippen molar-refractivity contribution in [2.45, 2.75) is 12.8 Å². The number of unbranched alkanes of at least 4 members (excludes halogenated alkanes) is 1. The number of carbonyl (C=O) groups excluding carboxylic acids is 1. The molecule has 0 aliphatic rings. The second kappa shape index (κ2) is 7.55. The van der Waals surface area contributed by atoms with Gasteiger partial charge < -0.3 is 20.5 Å². The Bertz CT molecular complexity index is 394. The maximum absolute atomic E-state index is 11.4. The average molecular weight is 252 g/mol. The molecular weight excluding hydrogens is 232 g/mol. The Morgan fingerprint density at radius 2 is 2.11 bits per heavy atom. The highest BCUT2D eigenvalue weighted by Gasteiger charge is 2.07. The Morgan fingerprint density at radius 1 is 1.33 bits per heavy atom. The second-order valence-corrected chi connectivity index (χ2v) is 3.92. The highest BCUT2D eigenvalue weighted by Crippen LogP contribution is 2.20. The van der Waals surface area contributed by atoms with Crippen molar-refractivity contribution in [1.29, 1.82) is 0 Å². The number of carbonyl (C=O) groups is 1. The standard InChI is InChI=1S/C13H20N2O3/c1-17-8-4-3-7-15-12-9-10(13(16)18-2)5-6-11(12)14/h5-6,9,15H,3-4,7-8,14H2,1-2H3. The number of ether oxygens (including phenoxy) is 2. The number of hydrogen-bond acceptors (Lipinski definition) is 5. The summed E-state index contributed by atoms with van der Waals surface area (Å²) in [4.78, 5) is 11.4. The minimum atomic E-state index is -0.363. The summed E-state index contributed by atoms with van der Waals surface area (Å²) in [5.74, 6) is -0.363. The summed E-state index contributed by atoms with van der Waals surface area (Å²) in [5, 5.41) is 3.20. The molecule has 0 aliphatic heterocycles. The van der Waals surface area contributed by atoms with E-state index in [-0.39, 0.29) is 5.97 Å². The second-order valence-electron chi connectivity index (χ2n) is 3.92. The maximum Gasteiger partial charge on any atom is 0.337 e. The fourth-order valence-corrected chi connectivity index (χ4v) is 1.55. The van der Waals surface area contributed by atoms with Gasteiger partial charge >= 0.3 is 5.97 Å². The molecule has 0 heterocycles. The number of methoxy groups -OCH3 is 2. The van der Waals surface area contributed by atoms with Crippen LogP contribution in [0.3, 0.4) is 0 Å². The quantitative estimate of drug-likeness (QED) is 0.440. The number of nitrogen functional groups attached to an aromatic ring is 1. The predicted octanol–water partition coefficient (Wildman–Crippen LogP) is 1.89. The van der Waals surface area contributed by atoms with Crippen molar-refractivity contribution >= 4 is 17.3 Å². The zero-order valence-electron chi connectivity index (χ0n) is 10.9. The van der Waals surface area contributed by atoms with Gasteiger partial charge in [0.1, 0.15) is 0 Å². The van der Waals surface area contributed by atoms with E-state index in [1.165, 1.54) is 7.11 Å². The Balaban J connectivity index is 2.56. The minimum Gasteiger partial charge on any atom is -0.465 e. The SMILES string of the molecule is COCCCCNc1cc(C(=O)OC)ccc1N. The Labute approximate surface area is 107 Å². The van der Waals surface area contributed by atoms with Crippen molar-refractivity contribution in [1.82, 2.24) is 0 Å². The van der Waals surface area contributed by atoms with Crippen molar-refractivity contribution < 1.29 is 14.3 Å². The van der Waals surface area contributed by atoms with Crippen LogP contribution in [0.25, 0.3) is 0 Å². The maximum atomic E-state index is 11.4. The fourth-order valence-electron chi connectivity index (χ4n) is 1.55. The van der Waals surface area contributed by atoms with E-state index in [1.807, 2.05) is 0 Å². The number of benzene rings is 1. The van der Waals surface area contributed by atoms with Crippen molar-refractivity contribution in [2.24, 2.45) is 0 Å². The Morgan fingerprint density at radius 3 is 2.78 bits per heavy atom. The number of anilines is 2. The first-order valence-electron chi connectivity index (χ1n) is 5.89. The van der Waals surface area contributed by atoms with E-state index >= 15 is 0 Å². The van der Waals surface area contributed by atoms with Gasteiger partial charge in [0.05, 0.1) is 24.0 Å². The van der Waals surface area contributed by atoms with Crippen LogP contribution in [-0.2, 0) is 9.47 Å². The number of hydrogen-bond donors (Lipinski definition) is 2. The summed E-state index contributed by atoms with van der Waals surface area (Å²) >= 11 is 0. The third-order valence-corrected chi connectivity index (χ3v) is 2.57. The van der Waals surface area contributed by atoms with Crippen LogP contribution in [0.15, 0.2) is 18.2 Å². The van der Waals surface area contributed by atoms with Crippen LogP contribution < -0.4 is 11.1 Å². The van der Waals surface area contributed by atoms with Gasteiger partial charge in [-0.05, 0) is 31.0 Å². The molecule has 0 aromatic heterocycles. The third kappa shape index (κ3) is 4.25. The first kappa shape index (κ1) is 14.3. The minimum absolute atomic E-state index is 0.363. The summed E-state index contributed by atoms with van der Waals surface area (Å²) < 4.78 is 9.63. The third-order valence-electron chi connectivity index (χ3n) is 2.57. The number of esters is 1. The number of nitrogens with one attached hydrogen (secondary N) is 1. The lowest BCUT2D eigenvalue weighted by Crippen LogP contribution is -2.08. The first-order chi connectivity index (χ1) is 8.69. The van der Waals surface area contributed by atoms with Crippen molar-refractivity contribution in [3.63, 3.8) is 0 Å². The van der Waals surface area contributed by atoms with Crippen LogP contribution in [0.5, 0.6) is 0 Å². The van der Waals surface area contributed by atoms with Gasteiger partial charge in [-0.2, -0.15) is 0 Å². The van der Waals surface area contributed by atoms with Crippen LogP contribution in [0, 0.1) is 0 Å². The zero-order valence-corrected chi connectivity index (χ0v) is 10.9. The number of nitrogens with two attached hydrogens (primary N) is 1. The molecule has 0 saturated carbocycles. The van der Waals surface area contributed by atoms with Crippen molar-refractivity contribution in [3.8, 4) is 0 Å². The molecule has 1 rings (SSSR count). The summed E-state index contributed by atoms with van der Waals surface area (Å²) in [6.45, 7) is 1.54. The normalized spacial score (nSPS) is 10.1. The smallest absolute Gasteiger partial charge is 0.337 e. The molecule has 1 aromatic rings. The largest absolute Gasteiger partial charge is 0.465 e. The average Bonchev–Trinajstić information content (AvgIpc) is 2.39. The molecule has 1 aromatic carbocycles. The van der Waals surface area contributed by atoms with Gasteiger partial charge in [-0.25, -0.2) is 4.79 Å². The molecule has 0 radical (unpaired) electrons.